The van der Waals surface area contributed by atoms with Gasteiger partial charge in [-0.05, 0) is 75.5 Å². The van der Waals surface area contributed by atoms with E-state index < -0.39 is 16.4 Å². The zero-order valence-electron chi connectivity index (χ0n) is 15.0. The van der Waals surface area contributed by atoms with Crippen LogP contribution < -0.4 is 0 Å². The molecule has 1 saturated heterocycles. The lowest BCUT2D eigenvalue weighted by Crippen LogP contribution is -2.55. The van der Waals surface area contributed by atoms with Crippen molar-refractivity contribution in [2.45, 2.75) is 77.4 Å². The molecule has 0 spiro atoms. The first-order valence-corrected chi connectivity index (χ1v) is 9.71. The maximum Gasteiger partial charge on any atom is 0.351 e. The Morgan fingerprint density at radius 2 is 1.58 bits per heavy atom. The van der Waals surface area contributed by atoms with E-state index in [1.165, 1.54) is 32.1 Å². The Morgan fingerprint density at radius 1 is 1.00 bits per heavy atom. The minimum absolute atomic E-state index is 0.0571. The van der Waals surface area contributed by atoms with Crippen molar-refractivity contribution in [1.29, 1.82) is 0 Å². The molecule has 0 aromatic rings. The van der Waals surface area contributed by atoms with E-state index in [0.717, 1.165) is 18.3 Å². The third kappa shape index (κ3) is 1.56. The van der Waals surface area contributed by atoms with Gasteiger partial charge in [0.1, 0.15) is 6.10 Å². The number of carbonyl (C=O) groups excluding carboxylic acids is 2. The third-order valence-electron chi connectivity index (χ3n) is 8.80. The summed E-state index contributed by atoms with van der Waals surface area (Å²) in [6.45, 7) is 5.95. The molecule has 0 aromatic carbocycles. The number of esters is 2. The molecule has 6 fully saturated rings. The molecule has 24 heavy (non-hydrogen) atoms. The smallest absolute Gasteiger partial charge is 0.351 e. The van der Waals surface area contributed by atoms with E-state index in [1.54, 1.807) is 0 Å². The van der Waals surface area contributed by atoms with Crippen molar-refractivity contribution in [3.8, 4) is 0 Å². The highest BCUT2D eigenvalue weighted by Gasteiger charge is 2.76. The molecule has 0 aromatic heterocycles. The molecule has 132 valence electrons. The highest BCUT2D eigenvalue weighted by molar-refractivity contribution is 5.93. The van der Waals surface area contributed by atoms with Crippen LogP contribution in [0.15, 0.2) is 0 Å². The van der Waals surface area contributed by atoms with Gasteiger partial charge in [0, 0.05) is 5.41 Å². The molecule has 6 bridgehead atoms. The van der Waals surface area contributed by atoms with Crippen LogP contribution in [-0.2, 0) is 19.1 Å². The van der Waals surface area contributed by atoms with E-state index in [2.05, 4.69) is 0 Å². The van der Waals surface area contributed by atoms with Crippen molar-refractivity contribution in [2.24, 2.45) is 34.5 Å². The van der Waals surface area contributed by atoms with E-state index in [1.807, 2.05) is 20.8 Å². The first kappa shape index (κ1) is 15.2. The summed E-state index contributed by atoms with van der Waals surface area (Å²) in [5.41, 5.74) is -2.12. The number of carbonyl (C=O) groups is 2. The largest absolute Gasteiger partial charge is 0.459 e. The van der Waals surface area contributed by atoms with Crippen LogP contribution in [-0.4, -0.2) is 23.6 Å². The SMILES string of the molecule is CC12CCC(C(=O)OC3C4CC5CC(C4)CC3C5)(OC1=O)C2(C)C. The minimum atomic E-state index is -1.06. The average molecular weight is 332 g/mol. The fraction of sp³-hybridized carbons (Fsp3) is 0.900. The van der Waals surface area contributed by atoms with Crippen LogP contribution in [0, 0.1) is 34.5 Å². The fourth-order valence-electron chi connectivity index (χ4n) is 6.99. The van der Waals surface area contributed by atoms with E-state index in [-0.39, 0.29) is 18.0 Å². The molecule has 2 unspecified atom stereocenters. The van der Waals surface area contributed by atoms with Crippen molar-refractivity contribution < 1.29 is 19.1 Å². The van der Waals surface area contributed by atoms with Crippen molar-refractivity contribution in [3.05, 3.63) is 0 Å². The minimum Gasteiger partial charge on any atom is -0.459 e. The normalized spacial score (nSPS) is 53.3. The maximum atomic E-state index is 13.2. The molecule has 4 nitrogen and oxygen atoms in total. The predicted molar refractivity (Wildman–Crippen MR) is 86.9 cm³/mol. The highest BCUT2D eigenvalue weighted by atomic mass is 16.6. The van der Waals surface area contributed by atoms with Crippen molar-refractivity contribution >= 4 is 11.9 Å². The molecular formula is C20H28O4. The van der Waals surface area contributed by atoms with Crippen molar-refractivity contribution in [3.63, 3.8) is 0 Å². The number of rotatable bonds is 2. The molecule has 1 heterocycles. The monoisotopic (exact) mass is 332 g/mol. The molecule has 4 heteroatoms. The van der Waals surface area contributed by atoms with Gasteiger partial charge in [0.2, 0.25) is 5.60 Å². The molecular weight excluding hydrogens is 304 g/mol. The summed E-state index contributed by atoms with van der Waals surface area (Å²) in [5, 5.41) is 0. The van der Waals surface area contributed by atoms with Gasteiger partial charge in [0.05, 0.1) is 5.41 Å². The molecule has 5 aliphatic carbocycles. The van der Waals surface area contributed by atoms with Crippen LogP contribution in [0.3, 0.4) is 0 Å². The van der Waals surface area contributed by atoms with Gasteiger partial charge in [-0.25, -0.2) is 4.79 Å². The van der Waals surface area contributed by atoms with Gasteiger partial charge < -0.3 is 9.47 Å². The van der Waals surface area contributed by atoms with Gasteiger partial charge in [0.15, 0.2) is 0 Å². The Balaban J connectivity index is 1.41. The predicted octanol–water partition coefficient (Wildman–Crippen LogP) is 3.48. The second-order valence-electron chi connectivity index (χ2n) is 9.97. The Morgan fingerprint density at radius 3 is 2.04 bits per heavy atom. The number of ether oxygens (including phenoxy) is 2. The Hall–Kier alpha value is -1.06. The first-order valence-electron chi connectivity index (χ1n) is 9.71. The fourth-order valence-corrected chi connectivity index (χ4v) is 6.99. The van der Waals surface area contributed by atoms with Crippen LogP contribution in [0.5, 0.6) is 0 Å². The summed E-state index contributed by atoms with van der Waals surface area (Å²) < 4.78 is 11.9. The summed E-state index contributed by atoms with van der Waals surface area (Å²) in [6.07, 6.45) is 7.65. The Bertz CT molecular complexity index is 595. The van der Waals surface area contributed by atoms with Gasteiger partial charge in [-0.15, -0.1) is 0 Å². The third-order valence-corrected chi connectivity index (χ3v) is 8.80. The number of hydrogen-bond donors (Lipinski definition) is 0. The molecule has 2 atom stereocenters. The number of fused-ring (bicyclic) bond motifs is 2. The van der Waals surface area contributed by atoms with Crippen LogP contribution in [0.25, 0.3) is 0 Å². The van der Waals surface area contributed by atoms with E-state index in [0.29, 0.717) is 18.3 Å². The number of hydrogen-bond acceptors (Lipinski definition) is 4. The topological polar surface area (TPSA) is 52.6 Å². The molecule has 6 rings (SSSR count). The van der Waals surface area contributed by atoms with Gasteiger partial charge in [0.25, 0.3) is 0 Å². The zero-order valence-corrected chi connectivity index (χ0v) is 15.0. The van der Waals surface area contributed by atoms with Crippen molar-refractivity contribution in [1.82, 2.24) is 0 Å². The standard InChI is InChI=1S/C20H28O4/c1-18(2)19(3)4-5-20(18,24-16(19)21)17(22)23-15-13-7-11-6-12(9-13)10-14(15)8-11/h11-15H,4-10H2,1-3H3. The van der Waals surface area contributed by atoms with Gasteiger partial charge in [-0.3, -0.25) is 4.79 Å². The molecule has 0 N–H and O–H groups in total. The quantitative estimate of drug-likeness (QED) is 0.727. The van der Waals surface area contributed by atoms with Gasteiger partial charge in [-0.2, -0.15) is 0 Å². The second-order valence-corrected chi connectivity index (χ2v) is 9.97. The van der Waals surface area contributed by atoms with E-state index in [4.69, 9.17) is 9.47 Å². The average Bonchev–Trinajstić information content (AvgIpc) is 2.80. The van der Waals surface area contributed by atoms with E-state index >= 15 is 0 Å². The molecule has 0 radical (unpaired) electrons. The first-order chi connectivity index (χ1) is 11.3. The summed E-state index contributed by atoms with van der Waals surface area (Å²) in [4.78, 5) is 25.6. The lowest BCUT2D eigenvalue weighted by molar-refractivity contribution is -0.201. The second kappa shape index (κ2) is 4.37. The molecule has 1 aliphatic heterocycles. The lowest BCUT2D eigenvalue weighted by atomic mass is 9.55. The highest BCUT2D eigenvalue weighted by Crippen LogP contribution is 2.66. The lowest BCUT2D eigenvalue weighted by Gasteiger charge is -2.54. The summed E-state index contributed by atoms with van der Waals surface area (Å²) in [5.74, 6) is 2.30. The molecule has 0 amide bonds. The van der Waals surface area contributed by atoms with Crippen LogP contribution in [0.4, 0.5) is 0 Å². The molecule has 5 saturated carbocycles. The summed E-state index contributed by atoms with van der Waals surface area (Å²) in [7, 11) is 0. The summed E-state index contributed by atoms with van der Waals surface area (Å²) >= 11 is 0. The summed E-state index contributed by atoms with van der Waals surface area (Å²) in [6, 6.07) is 0. The van der Waals surface area contributed by atoms with Crippen molar-refractivity contribution in [2.75, 3.05) is 0 Å². The maximum absolute atomic E-state index is 13.2. The van der Waals surface area contributed by atoms with Gasteiger partial charge in [-0.1, -0.05) is 13.8 Å². The van der Waals surface area contributed by atoms with Crippen LogP contribution >= 0.6 is 0 Å². The van der Waals surface area contributed by atoms with Crippen LogP contribution in [0.1, 0.15) is 65.7 Å². The zero-order chi connectivity index (χ0) is 16.9. The Kier molecular flexibility index (Phi) is 2.77. The van der Waals surface area contributed by atoms with Crippen LogP contribution in [0.2, 0.25) is 0 Å². The van der Waals surface area contributed by atoms with E-state index in [9.17, 15) is 9.59 Å². The molecule has 6 aliphatic rings. The van der Waals surface area contributed by atoms with Gasteiger partial charge >= 0.3 is 11.9 Å². The Labute approximate surface area is 143 Å².